The normalized spacial score (nSPS) is 12.6. The van der Waals surface area contributed by atoms with Gasteiger partial charge in [0.15, 0.2) is 0 Å². The van der Waals surface area contributed by atoms with Gasteiger partial charge in [0.1, 0.15) is 0 Å². The number of hydrogen-bond acceptors (Lipinski definition) is 4. The van der Waals surface area contributed by atoms with Crippen LogP contribution < -0.4 is 5.32 Å². The third-order valence-corrected chi connectivity index (χ3v) is 3.52. The molecule has 3 nitrogen and oxygen atoms in total. The predicted molar refractivity (Wildman–Crippen MR) is 71.2 cm³/mol. The van der Waals surface area contributed by atoms with E-state index in [0.29, 0.717) is 0 Å². The molecule has 1 heterocycles. The summed E-state index contributed by atoms with van der Waals surface area (Å²) in [6, 6.07) is 8.96. The van der Waals surface area contributed by atoms with E-state index in [1.165, 1.54) is 22.7 Å². The van der Waals surface area contributed by atoms with Crippen molar-refractivity contribution < 1.29 is 0 Å². The molecule has 0 radical (unpaired) electrons. The summed E-state index contributed by atoms with van der Waals surface area (Å²) >= 11 is 1.45. The highest BCUT2D eigenvalue weighted by molar-refractivity contribution is 7.05. The van der Waals surface area contributed by atoms with Crippen LogP contribution in [0.3, 0.4) is 0 Å². The standard InChI is InChI=1S/C13H17N3S/c1-3-10-5-7-11(8-6-10)13(14-4-2)12-9-15-16-17-12/h5-9,13-14H,3-4H2,1-2H3. The van der Waals surface area contributed by atoms with Crippen LogP contribution in [0.1, 0.15) is 35.9 Å². The molecule has 0 fully saturated rings. The molecule has 0 saturated carbocycles. The van der Waals surface area contributed by atoms with Crippen molar-refractivity contribution >= 4 is 11.5 Å². The summed E-state index contributed by atoms with van der Waals surface area (Å²) in [4.78, 5) is 1.16. The van der Waals surface area contributed by atoms with Crippen LogP contribution in [0.5, 0.6) is 0 Å². The van der Waals surface area contributed by atoms with E-state index in [1.54, 1.807) is 0 Å². The number of aryl methyl sites for hydroxylation is 1. The minimum Gasteiger partial charge on any atom is -0.306 e. The Bertz CT molecular complexity index is 436. The minimum absolute atomic E-state index is 0.214. The number of hydrogen-bond donors (Lipinski definition) is 1. The van der Waals surface area contributed by atoms with Gasteiger partial charge < -0.3 is 5.32 Å². The number of rotatable bonds is 5. The third-order valence-electron chi connectivity index (χ3n) is 2.79. The fraction of sp³-hybridized carbons (Fsp3) is 0.385. The van der Waals surface area contributed by atoms with Crippen LogP contribution in [-0.2, 0) is 6.42 Å². The van der Waals surface area contributed by atoms with E-state index >= 15 is 0 Å². The molecule has 90 valence electrons. The molecule has 4 heteroatoms. The van der Waals surface area contributed by atoms with Gasteiger partial charge in [0.25, 0.3) is 0 Å². The lowest BCUT2D eigenvalue weighted by Crippen LogP contribution is -2.21. The lowest BCUT2D eigenvalue weighted by atomic mass is 10.0. The zero-order valence-electron chi connectivity index (χ0n) is 10.2. The van der Waals surface area contributed by atoms with Gasteiger partial charge in [0.05, 0.1) is 17.1 Å². The average Bonchev–Trinajstić information content (AvgIpc) is 2.90. The third kappa shape index (κ3) is 2.90. The molecule has 0 aliphatic rings. The van der Waals surface area contributed by atoms with E-state index in [-0.39, 0.29) is 6.04 Å². The molecular weight excluding hydrogens is 230 g/mol. The second-order valence-corrected chi connectivity index (χ2v) is 4.72. The highest BCUT2D eigenvalue weighted by atomic mass is 32.1. The summed E-state index contributed by atoms with van der Waals surface area (Å²) in [6.45, 7) is 5.21. The van der Waals surface area contributed by atoms with Crippen LogP contribution >= 0.6 is 11.5 Å². The quantitative estimate of drug-likeness (QED) is 0.883. The Morgan fingerprint density at radius 2 is 2.00 bits per heavy atom. The Morgan fingerprint density at radius 1 is 1.24 bits per heavy atom. The van der Waals surface area contributed by atoms with Crippen LogP contribution in [0.15, 0.2) is 30.5 Å². The van der Waals surface area contributed by atoms with E-state index in [4.69, 9.17) is 0 Å². The molecule has 1 aromatic heterocycles. The predicted octanol–water partition coefficient (Wildman–Crippen LogP) is 2.80. The largest absolute Gasteiger partial charge is 0.306 e. The van der Waals surface area contributed by atoms with Gasteiger partial charge in [-0.05, 0) is 35.6 Å². The fourth-order valence-corrected chi connectivity index (χ4v) is 2.44. The summed E-state index contributed by atoms with van der Waals surface area (Å²) in [7, 11) is 0. The zero-order valence-corrected chi connectivity index (χ0v) is 11.0. The highest BCUT2D eigenvalue weighted by Crippen LogP contribution is 2.24. The van der Waals surface area contributed by atoms with Gasteiger partial charge in [-0.1, -0.05) is 42.6 Å². The van der Waals surface area contributed by atoms with Crippen molar-refractivity contribution in [2.75, 3.05) is 6.54 Å². The first kappa shape index (κ1) is 12.2. The van der Waals surface area contributed by atoms with Gasteiger partial charge in [-0.2, -0.15) is 0 Å². The molecule has 17 heavy (non-hydrogen) atoms. The van der Waals surface area contributed by atoms with Crippen LogP contribution in [0.25, 0.3) is 0 Å². The maximum absolute atomic E-state index is 3.94. The Kier molecular flexibility index (Phi) is 4.23. The second kappa shape index (κ2) is 5.89. The molecule has 1 aromatic carbocycles. The summed E-state index contributed by atoms with van der Waals surface area (Å²) in [5.41, 5.74) is 2.64. The van der Waals surface area contributed by atoms with E-state index < -0.39 is 0 Å². The molecule has 2 aromatic rings. The molecule has 1 N–H and O–H groups in total. The molecule has 1 atom stereocenters. The molecule has 2 rings (SSSR count). The van der Waals surface area contributed by atoms with E-state index in [9.17, 15) is 0 Å². The van der Waals surface area contributed by atoms with Gasteiger partial charge in [-0.15, -0.1) is 5.10 Å². The van der Waals surface area contributed by atoms with Gasteiger partial charge in [-0.3, -0.25) is 0 Å². The van der Waals surface area contributed by atoms with Crippen molar-refractivity contribution in [3.05, 3.63) is 46.5 Å². The Labute approximate surface area is 106 Å². The lowest BCUT2D eigenvalue weighted by molar-refractivity contribution is 0.638. The molecule has 1 unspecified atom stereocenters. The number of benzene rings is 1. The molecule has 0 saturated heterocycles. The van der Waals surface area contributed by atoms with Gasteiger partial charge in [-0.25, -0.2) is 0 Å². The van der Waals surface area contributed by atoms with Crippen molar-refractivity contribution in [3.63, 3.8) is 0 Å². The van der Waals surface area contributed by atoms with Crippen molar-refractivity contribution in [2.45, 2.75) is 26.3 Å². The van der Waals surface area contributed by atoms with Crippen molar-refractivity contribution in [1.82, 2.24) is 14.9 Å². The SMILES string of the molecule is CCNC(c1ccc(CC)cc1)c1cnns1. The summed E-state index contributed by atoms with van der Waals surface area (Å²) in [5, 5.41) is 7.38. The van der Waals surface area contributed by atoms with Crippen LogP contribution in [0.2, 0.25) is 0 Å². The fourth-order valence-electron chi connectivity index (χ4n) is 1.83. The first-order chi connectivity index (χ1) is 8.35. The second-order valence-electron chi connectivity index (χ2n) is 3.91. The monoisotopic (exact) mass is 247 g/mol. The lowest BCUT2D eigenvalue weighted by Gasteiger charge is -2.16. The molecule has 0 amide bonds. The van der Waals surface area contributed by atoms with E-state index in [0.717, 1.165) is 17.8 Å². The van der Waals surface area contributed by atoms with Crippen LogP contribution in [0.4, 0.5) is 0 Å². The molecule has 0 spiro atoms. The summed E-state index contributed by atoms with van der Waals surface area (Å²) in [6.07, 6.45) is 2.92. The first-order valence-electron chi connectivity index (χ1n) is 5.94. The zero-order chi connectivity index (χ0) is 12.1. The average molecular weight is 247 g/mol. The molecule has 0 aliphatic carbocycles. The molecule has 0 aliphatic heterocycles. The minimum atomic E-state index is 0.214. The van der Waals surface area contributed by atoms with Crippen LogP contribution in [-0.4, -0.2) is 16.1 Å². The maximum atomic E-state index is 3.94. The summed E-state index contributed by atoms with van der Waals surface area (Å²) in [5.74, 6) is 0. The van der Waals surface area contributed by atoms with E-state index in [1.807, 2.05) is 6.20 Å². The molecular formula is C13H17N3S. The van der Waals surface area contributed by atoms with Gasteiger partial charge in [0, 0.05) is 0 Å². The Balaban J connectivity index is 2.26. The number of nitrogens with one attached hydrogen (secondary N) is 1. The Morgan fingerprint density at radius 3 is 2.53 bits per heavy atom. The van der Waals surface area contributed by atoms with Gasteiger partial charge >= 0.3 is 0 Å². The summed E-state index contributed by atoms with van der Waals surface area (Å²) < 4.78 is 3.94. The van der Waals surface area contributed by atoms with E-state index in [2.05, 4.69) is 53.0 Å². The Hall–Kier alpha value is -1.26. The molecule has 0 bridgehead atoms. The van der Waals surface area contributed by atoms with Crippen LogP contribution in [0, 0.1) is 0 Å². The van der Waals surface area contributed by atoms with Crippen molar-refractivity contribution in [3.8, 4) is 0 Å². The highest BCUT2D eigenvalue weighted by Gasteiger charge is 2.14. The first-order valence-corrected chi connectivity index (χ1v) is 6.72. The topological polar surface area (TPSA) is 37.8 Å². The number of aromatic nitrogens is 2. The van der Waals surface area contributed by atoms with Gasteiger partial charge in [0.2, 0.25) is 0 Å². The number of nitrogens with zero attached hydrogens (tertiary/aromatic N) is 2. The van der Waals surface area contributed by atoms with Crippen molar-refractivity contribution in [1.29, 1.82) is 0 Å². The maximum Gasteiger partial charge on any atom is 0.0703 e. The smallest absolute Gasteiger partial charge is 0.0703 e. The van der Waals surface area contributed by atoms with Crippen molar-refractivity contribution in [2.24, 2.45) is 0 Å².